The lowest BCUT2D eigenvalue weighted by Crippen LogP contribution is -2.32. The summed E-state index contributed by atoms with van der Waals surface area (Å²) in [5.41, 5.74) is 1.34. The van der Waals surface area contributed by atoms with Gasteiger partial charge in [-0.15, -0.1) is 0 Å². The number of aromatic nitrogens is 2. The Bertz CT molecular complexity index is 560. The molecule has 7 nitrogen and oxygen atoms in total. The number of carboxylic acids is 1. The van der Waals surface area contributed by atoms with E-state index in [2.05, 4.69) is 9.97 Å². The van der Waals surface area contributed by atoms with Crippen LogP contribution in [-0.2, 0) is 4.79 Å². The van der Waals surface area contributed by atoms with Gasteiger partial charge in [-0.2, -0.15) is 0 Å². The number of fused-ring (bicyclic) bond motifs is 1. The molecule has 0 saturated carbocycles. The van der Waals surface area contributed by atoms with Gasteiger partial charge in [0.25, 0.3) is 0 Å². The van der Waals surface area contributed by atoms with E-state index in [1.807, 2.05) is 0 Å². The number of H-pyrrole nitrogens is 1. The van der Waals surface area contributed by atoms with Crippen molar-refractivity contribution >= 4 is 29.0 Å². The van der Waals surface area contributed by atoms with Crippen LogP contribution in [-0.4, -0.2) is 38.8 Å². The van der Waals surface area contributed by atoms with Crippen LogP contribution in [0.15, 0.2) is 24.3 Å². The third-order valence-corrected chi connectivity index (χ3v) is 2.41. The van der Waals surface area contributed by atoms with Gasteiger partial charge in [-0.1, -0.05) is 12.1 Å². The minimum atomic E-state index is -1.24. The maximum atomic E-state index is 11.1. The first kappa shape index (κ1) is 11.9. The van der Waals surface area contributed by atoms with E-state index in [4.69, 9.17) is 10.2 Å². The highest BCUT2D eigenvalue weighted by atomic mass is 16.4. The average molecular weight is 249 g/mol. The molecule has 0 spiro atoms. The molecule has 2 rings (SSSR count). The standard InChI is InChI=1S/C11H11N3O4/c15-9(16)5-6-14(11(17)18)10-12-7-3-1-2-4-8(7)13-10/h1-4H,5-6H2,(H,12,13)(H,15,16)(H,17,18). The van der Waals surface area contributed by atoms with Crippen LogP contribution in [0.5, 0.6) is 0 Å². The highest BCUT2D eigenvalue weighted by molar-refractivity contribution is 5.87. The highest BCUT2D eigenvalue weighted by Gasteiger charge is 2.18. The topological polar surface area (TPSA) is 107 Å². The maximum Gasteiger partial charge on any atom is 0.414 e. The van der Waals surface area contributed by atoms with Crippen molar-refractivity contribution in [3.63, 3.8) is 0 Å². The minimum absolute atomic E-state index is 0.130. The molecular weight excluding hydrogens is 238 g/mol. The summed E-state index contributed by atoms with van der Waals surface area (Å²) in [6, 6.07) is 7.09. The van der Waals surface area contributed by atoms with Crippen molar-refractivity contribution in [2.24, 2.45) is 0 Å². The van der Waals surface area contributed by atoms with Gasteiger partial charge in [-0.25, -0.2) is 14.7 Å². The number of hydrogen-bond donors (Lipinski definition) is 3. The molecule has 0 fully saturated rings. The molecule has 1 heterocycles. The first-order valence-electron chi connectivity index (χ1n) is 5.25. The Labute approximate surface area is 102 Å². The normalized spacial score (nSPS) is 10.4. The summed E-state index contributed by atoms with van der Waals surface area (Å²) in [6.45, 7) is -0.148. The van der Waals surface area contributed by atoms with E-state index >= 15 is 0 Å². The van der Waals surface area contributed by atoms with Gasteiger partial charge in [-0.05, 0) is 12.1 Å². The van der Waals surface area contributed by atoms with Crippen molar-refractivity contribution in [2.45, 2.75) is 6.42 Å². The number of amides is 1. The van der Waals surface area contributed by atoms with Gasteiger partial charge in [0.2, 0.25) is 5.95 Å². The number of para-hydroxylation sites is 2. The molecule has 0 aliphatic carbocycles. The average Bonchev–Trinajstić information content (AvgIpc) is 2.71. The van der Waals surface area contributed by atoms with E-state index < -0.39 is 12.1 Å². The molecule has 0 aliphatic rings. The molecule has 7 heteroatoms. The van der Waals surface area contributed by atoms with Crippen LogP contribution in [0.2, 0.25) is 0 Å². The lowest BCUT2D eigenvalue weighted by atomic mass is 10.3. The zero-order valence-corrected chi connectivity index (χ0v) is 9.33. The summed E-state index contributed by atoms with van der Waals surface area (Å²) in [7, 11) is 0. The first-order valence-corrected chi connectivity index (χ1v) is 5.25. The van der Waals surface area contributed by atoms with Crippen LogP contribution >= 0.6 is 0 Å². The Hall–Kier alpha value is -2.57. The Kier molecular flexibility index (Phi) is 3.13. The fraction of sp³-hybridized carbons (Fsp3) is 0.182. The fourth-order valence-corrected chi connectivity index (χ4v) is 1.57. The Balaban J connectivity index is 2.29. The Morgan fingerprint density at radius 1 is 1.28 bits per heavy atom. The number of hydrogen-bond acceptors (Lipinski definition) is 3. The van der Waals surface area contributed by atoms with E-state index in [0.717, 1.165) is 4.90 Å². The molecule has 0 unspecified atom stereocenters. The van der Waals surface area contributed by atoms with Crippen LogP contribution < -0.4 is 4.90 Å². The van der Waals surface area contributed by atoms with Gasteiger partial charge in [0.05, 0.1) is 17.5 Å². The Morgan fingerprint density at radius 3 is 2.61 bits per heavy atom. The predicted octanol–water partition coefficient (Wildman–Crippen LogP) is 1.52. The summed E-state index contributed by atoms with van der Waals surface area (Å²) in [6.07, 6.45) is -1.51. The van der Waals surface area contributed by atoms with Crippen molar-refractivity contribution in [1.29, 1.82) is 0 Å². The largest absolute Gasteiger partial charge is 0.481 e. The van der Waals surface area contributed by atoms with E-state index in [1.54, 1.807) is 24.3 Å². The first-order chi connectivity index (χ1) is 8.58. The van der Waals surface area contributed by atoms with Gasteiger partial charge in [0, 0.05) is 6.54 Å². The second kappa shape index (κ2) is 4.74. The summed E-state index contributed by atoms with van der Waals surface area (Å²) >= 11 is 0. The summed E-state index contributed by atoms with van der Waals surface area (Å²) in [5.74, 6) is -0.928. The van der Waals surface area contributed by atoms with Crippen molar-refractivity contribution < 1.29 is 19.8 Å². The summed E-state index contributed by atoms with van der Waals surface area (Å²) in [5, 5.41) is 17.6. The molecule has 94 valence electrons. The summed E-state index contributed by atoms with van der Waals surface area (Å²) < 4.78 is 0. The molecule has 0 bridgehead atoms. The number of carboxylic acid groups (broad SMARTS) is 2. The van der Waals surface area contributed by atoms with Crippen molar-refractivity contribution in [2.75, 3.05) is 11.4 Å². The van der Waals surface area contributed by atoms with Crippen LogP contribution in [0.1, 0.15) is 6.42 Å². The molecule has 1 aromatic heterocycles. The number of nitrogens with zero attached hydrogens (tertiary/aromatic N) is 2. The third kappa shape index (κ3) is 2.40. The molecule has 18 heavy (non-hydrogen) atoms. The quantitative estimate of drug-likeness (QED) is 0.761. The lowest BCUT2D eigenvalue weighted by molar-refractivity contribution is -0.136. The maximum absolute atomic E-state index is 11.1. The number of anilines is 1. The van der Waals surface area contributed by atoms with Gasteiger partial charge < -0.3 is 15.2 Å². The van der Waals surface area contributed by atoms with Crippen LogP contribution in [0.25, 0.3) is 11.0 Å². The van der Waals surface area contributed by atoms with Crippen LogP contribution in [0.4, 0.5) is 10.7 Å². The molecule has 0 atom stereocenters. The number of benzene rings is 1. The molecule has 0 aliphatic heterocycles. The fourth-order valence-electron chi connectivity index (χ4n) is 1.57. The lowest BCUT2D eigenvalue weighted by Gasteiger charge is -2.14. The number of aliphatic carboxylic acids is 1. The monoisotopic (exact) mass is 249 g/mol. The van der Waals surface area contributed by atoms with E-state index in [0.29, 0.717) is 11.0 Å². The second-order valence-corrected chi connectivity index (χ2v) is 3.66. The second-order valence-electron chi connectivity index (χ2n) is 3.66. The molecule has 0 saturated heterocycles. The molecule has 1 aromatic carbocycles. The van der Waals surface area contributed by atoms with Crippen molar-refractivity contribution in [3.05, 3.63) is 24.3 Å². The van der Waals surface area contributed by atoms with E-state index in [-0.39, 0.29) is 18.9 Å². The molecule has 1 amide bonds. The zero-order valence-electron chi connectivity index (χ0n) is 9.33. The van der Waals surface area contributed by atoms with Gasteiger partial charge >= 0.3 is 12.1 Å². The van der Waals surface area contributed by atoms with E-state index in [1.165, 1.54) is 0 Å². The van der Waals surface area contributed by atoms with Crippen molar-refractivity contribution in [3.8, 4) is 0 Å². The smallest absolute Gasteiger partial charge is 0.414 e. The number of imidazole rings is 1. The number of rotatable bonds is 4. The third-order valence-electron chi connectivity index (χ3n) is 2.41. The molecule has 0 radical (unpaired) electrons. The van der Waals surface area contributed by atoms with Crippen LogP contribution in [0, 0.1) is 0 Å². The van der Waals surface area contributed by atoms with Gasteiger partial charge in [-0.3, -0.25) is 4.79 Å². The highest BCUT2D eigenvalue weighted by Crippen LogP contribution is 2.17. The SMILES string of the molecule is O=C(O)CCN(C(=O)O)c1nc2ccccc2[nH]1. The number of carbonyl (C=O) groups is 2. The number of nitrogens with one attached hydrogen (secondary N) is 1. The number of aromatic amines is 1. The van der Waals surface area contributed by atoms with E-state index in [9.17, 15) is 9.59 Å². The molecule has 3 N–H and O–H groups in total. The minimum Gasteiger partial charge on any atom is -0.481 e. The van der Waals surface area contributed by atoms with Gasteiger partial charge in [0.15, 0.2) is 0 Å². The Morgan fingerprint density at radius 2 is 2.00 bits per heavy atom. The van der Waals surface area contributed by atoms with Crippen molar-refractivity contribution in [1.82, 2.24) is 9.97 Å². The zero-order chi connectivity index (χ0) is 13.1. The van der Waals surface area contributed by atoms with Crippen LogP contribution in [0.3, 0.4) is 0 Å². The van der Waals surface area contributed by atoms with Gasteiger partial charge in [0.1, 0.15) is 0 Å². The molecule has 2 aromatic rings. The molecular formula is C11H11N3O4. The predicted molar refractivity (Wildman–Crippen MR) is 63.7 cm³/mol. The summed E-state index contributed by atoms with van der Waals surface area (Å²) in [4.78, 5) is 29.4.